The summed E-state index contributed by atoms with van der Waals surface area (Å²) in [5.74, 6) is 0.973. The van der Waals surface area contributed by atoms with Gasteiger partial charge in [-0.3, -0.25) is 4.79 Å². The molecule has 1 amide bonds. The number of pyridine rings is 1. The maximum Gasteiger partial charge on any atom is 0.271 e. The quantitative estimate of drug-likeness (QED) is 0.876. The van der Waals surface area contributed by atoms with Gasteiger partial charge < -0.3 is 15.5 Å². The highest BCUT2D eigenvalue weighted by molar-refractivity contribution is 6.33. The van der Waals surface area contributed by atoms with Crippen LogP contribution in [0.15, 0.2) is 12.1 Å². The van der Waals surface area contributed by atoms with Crippen LogP contribution in [0.1, 0.15) is 30.3 Å². The van der Waals surface area contributed by atoms with E-state index in [0.29, 0.717) is 29.0 Å². The van der Waals surface area contributed by atoms with Crippen molar-refractivity contribution in [2.45, 2.75) is 19.8 Å². The third-order valence-electron chi connectivity index (χ3n) is 3.69. The summed E-state index contributed by atoms with van der Waals surface area (Å²) in [7, 11) is 2.12. The van der Waals surface area contributed by atoms with Crippen LogP contribution in [0.2, 0.25) is 5.02 Å². The molecule has 0 aromatic carbocycles. The van der Waals surface area contributed by atoms with Crippen LogP contribution < -0.4 is 10.6 Å². The highest BCUT2D eigenvalue weighted by Gasteiger charge is 2.19. The number of carbonyl (C=O) groups is 1. The van der Waals surface area contributed by atoms with Crippen LogP contribution in [0.25, 0.3) is 0 Å². The van der Waals surface area contributed by atoms with Gasteiger partial charge in [-0.15, -0.1) is 0 Å². The van der Waals surface area contributed by atoms with Crippen molar-refractivity contribution in [1.29, 1.82) is 0 Å². The molecule has 21 heavy (non-hydrogen) atoms. The molecule has 1 aliphatic heterocycles. The molecule has 2 heterocycles. The van der Waals surface area contributed by atoms with E-state index in [4.69, 9.17) is 11.6 Å². The summed E-state index contributed by atoms with van der Waals surface area (Å²) in [6.45, 7) is 5.58. The summed E-state index contributed by atoms with van der Waals surface area (Å²) < 4.78 is 0. The number of anilines is 1. The lowest BCUT2D eigenvalue weighted by Gasteiger charge is -2.29. The maximum absolute atomic E-state index is 12.2. The van der Waals surface area contributed by atoms with Gasteiger partial charge in [-0.25, -0.2) is 4.98 Å². The second kappa shape index (κ2) is 7.61. The first kappa shape index (κ1) is 16.0. The standard InChI is InChI=1S/C15H23ClN4O/c1-3-17-13-7-6-12(16)14(19-13)15(21)18-9-11-5-4-8-20(2)10-11/h6-7,11H,3-5,8-10H2,1-2H3,(H,17,19)(H,18,21). The highest BCUT2D eigenvalue weighted by atomic mass is 35.5. The molecule has 0 radical (unpaired) electrons. The molecule has 0 spiro atoms. The zero-order valence-electron chi connectivity index (χ0n) is 12.7. The predicted molar refractivity (Wildman–Crippen MR) is 86.0 cm³/mol. The summed E-state index contributed by atoms with van der Waals surface area (Å²) in [5, 5.41) is 6.43. The molecule has 1 aliphatic rings. The van der Waals surface area contributed by atoms with E-state index in [9.17, 15) is 4.79 Å². The number of nitrogens with one attached hydrogen (secondary N) is 2. The number of amides is 1. The topological polar surface area (TPSA) is 57.3 Å². The van der Waals surface area contributed by atoms with Crippen LogP contribution in [0.3, 0.4) is 0 Å². The Balaban J connectivity index is 1.94. The Morgan fingerprint density at radius 3 is 3.05 bits per heavy atom. The van der Waals surface area contributed by atoms with E-state index >= 15 is 0 Å². The second-order valence-electron chi connectivity index (χ2n) is 5.54. The number of carbonyl (C=O) groups excluding carboxylic acids is 1. The van der Waals surface area contributed by atoms with Crippen molar-refractivity contribution in [2.24, 2.45) is 5.92 Å². The third kappa shape index (κ3) is 4.58. The molecule has 1 fully saturated rings. The number of hydrogen-bond donors (Lipinski definition) is 2. The van der Waals surface area contributed by atoms with Crippen molar-refractivity contribution < 1.29 is 4.79 Å². The monoisotopic (exact) mass is 310 g/mol. The van der Waals surface area contributed by atoms with E-state index in [2.05, 4.69) is 27.6 Å². The highest BCUT2D eigenvalue weighted by Crippen LogP contribution is 2.18. The lowest BCUT2D eigenvalue weighted by Crippen LogP contribution is -2.39. The number of halogens is 1. The summed E-state index contributed by atoms with van der Waals surface area (Å²) in [4.78, 5) is 18.8. The van der Waals surface area contributed by atoms with Crippen molar-refractivity contribution >= 4 is 23.3 Å². The molecule has 2 N–H and O–H groups in total. The van der Waals surface area contributed by atoms with Crippen molar-refractivity contribution in [3.63, 3.8) is 0 Å². The second-order valence-corrected chi connectivity index (χ2v) is 5.94. The van der Waals surface area contributed by atoms with Crippen LogP contribution in [-0.2, 0) is 0 Å². The van der Waals surface area contributed by atoms with Crippen LogP contribution in [-0.4, -0.2) is 49.0 Å². The predicted octanol–water partition coefficient (Wildman–Crippen LogP) is 2.24. The first-order valence-electron chi connectivity index (χ1n) is 7.47. The number of nitrogens with zero attached hydrogens (tertiary/aromatic N) is 2. The number of likely N-dealkylation sites (tertiary alicyclic amines) is 1. The molecule has 0 aliphatic carbocycles. The van der Waals surface area contributed by atoms with Gasteiger partial charge in [-0.1, -0.05) is 11.6 Å². The lowest BCUT2D eigenvalue weighted by molar-refractivity contribution is 0.0932. The van der Waals surface area contributed by atoms with Crippen LogP contribution >= 0.6 is 11.6 Å². The van der Waals surface area contributed by atoms with Crippen LogP contribution in [0.4, 0.5) is 5.82 Å². The summed E-state index contributed by atoms with van der Waals surface area (Å²) in [5.41, 5.74) is 0.291. The van der Waals surface area contributed by atoms with Gasteiger partial charge in [0.05, 0.1) is 5.02 Å². The largest absolute Gasteiger partial charge is 0.370 e. The molecule has 1 atom stereocenters. The first-order chi connectivity index (χ1) is 10.1. The smallest absolute Gasteiger partial charge is 0.271 e. The van der Waals surface area contributed by atoms with Gasteiger partial charge in [0.15, 0.2) is 0 Å². The molecule has 1 saturated heterocycles. The van der Waals surface area contributed by atoms with Gasteiger partial charge in [0.2, 0.25) is 0 Å². The molecular weight excluding hydrogens is 288 g/mol. The van der Waals surface area contributed by atoms with E-state index < -0.39 is 0 Å². The average molecular weight is 311 g/mol. The minimum atomic E-state index is -0.201. The Morgan fingerprint density at radius 1 is 1.52 bits per heavy atom. The minimum Gasteiger partial charge on any atom is -0.370 e. The van der Waals surface area contributed by atoms with Crippen molar-refractivity contribution in [3.8, 4) is 0 Å². The number of aromatic nitrogens is 1. The lowest BCUT2D eigenvalue weighted by atomic mass is 9.98. The van der Waals surface area contributed by atoms with E-state index in [0.717, 1.165) is 26.1 Å². The fraction of sp³-hybridized carbons (Fsp3) is 0.600. The van der Waals surface area contributed by atoms with E-state index in [-0.39, 0.29) is 5.91 Å². The van der Waals surface area contributed by atoms with E-state index in [1.165, 1.54) is 6.42 Å². The van der Waals surface area contributed by atoms with Gasteiger partial charge in [0.1, 0.15) is 11.5 Å². The SMILES string of the molecule is CCNc1ccc(Cl)c(C(=O)NCC2CCCN(C)C2)n1. The van der Waals surface area contributed by atoms with E-state index in [1.54, 1.807) is 12.1 Å². The van der Waals surface area contributed by atoms with Crippen LogP contribution in [0.5, 0.6) is 0 Å². The summed E-state index contributed by atoms with van der Waals surface area (Å²) >= 11 is 6.08. The normalized spacial score (nSPS) is 19.3. The Morgan fingerprint density at radius 2 is 2.33 bits per heavy atom. The number of hydrogen-bond acceptors (Lipinski definition) is 4. The van der Waals surface area contributed by atoms with Crippen molar-refractivity contribution in [1.82, 2.24) is 15.2 Å². The Labute approximate surface area is 131 Å². The molecule has 6 heteroatoms. The summed E-state index contributed by atoms with van der Waals surface area (Å²) in [6, 6.07) is 3.48. The molecule has 0 bridgehead atoms. The fourth-order valence-corrected chi connectivity index (χ4v) is 2.83. The average Bonchev–Trinajstić information content (AvgIpc) is 2.47. The minimum absolute atomic E-state index is 0.201. The van der Waals surface area contributed by atoms with Gasteiger partial charge in [0, 0.05) is 19.6 Å². The number of piperidine rings is 1. The Kier molecular flexibility index (Phi) is 5.82. The first-order valence-corrected chi connectivity index (χ1v) is 7.85. The van der Waals surface area contributed by atoms with Crippen molar-refractivity contribution in [3.05, 3.63) is 22.8 Å². The maximum atomic E-state index is 12.2. The molecule has 0 saturated carbocycles. The van der Waals surface area contributed by atoms with Gasteiger partial charge in [0.25, 0.3) is 5.91 Å². The zero-order valence-corrected chi connectivity index (χ0v) is 13.4. The fourth-order valence-electron chi connectivity index (χ4n) is 2.64. The van der Waals surface area contributed by atoms with E-state index in [1.807, 2.05) is 6.92 Å². The molecule has 1 unspecified atom stereocenters. The van der Waals surface area contributed by atoms with Gasteiger partial charge in [-0.2, -0.15) is 0 Å². The molecule has 5 nitrogen and oxygen atoms in total. The molecule has 1 aromatic heterocycles. The summed E-state index contributed by atoms with van der Waals surface area (Å²) in [6.07, 6.45) is 2.34. The van der Waals surface area contributed by atoms with Gasteiger partial charge in [-0.05, 0) is 51.4 Å². The zero-order chi connectivity index (χ0) is 15.2. The third-order valence-corrected chi connectivity index (χ3v) is 4.00. The molecule has 116 valence electrons. The molecule has 2 rings (SSSR count). The molecular formula is C15H23ClN4O. The Hall–Kier alpha value is -1.33. The van der Waals surface area contributed by atoms with Crippen LogP contribution in [0, 0.1) is 5.92 Å². The Bertz CT molecular complexity index is 495. The van der Waals surface area contributed by atoms with Gasteiger partial charge >= 0.3 is 0 Å². The number of rotatable bonds is 5. The van der Waals surface area contributed by atoms with Crippen molar-refractivity contribution in [2.75, 3.05) is 38.5 Å². The molecule has 1 aromatic rings.